The van der Waals surface area contributed by atoms with Gasteiger partial charge in [-0.25, -0.2) is 4.79 Å². The van der Waals surface area contributed by atoms with Crippen LogP contribution in [0.5, 0.6) is 5.88 Å². The van der Waals surface area contributed by atoms with E-state index in [1.54, 1.807) is 6.07 Å². The van der Waals surface area contributed by atoms with Crippen LogP contribution in [0.15, 0.2) is 12.1 Å². The van der Waals surface area contributed by atoms with Gasteiger partial charge in [0.2, 0.25) is 5.88 Å². The molecule has 3 heterocycles. The number of nitrogens with zero attached hydrogens (tertiary/aromatic N) is 3. The summed E-state index contributed by atoms with van der Waals surface area (Å²) in [6, 6.07) is 2.69. The number of rotatable bonds is 7. The second-order valence-electron chi connectivity index (χ2n) is 9.42. The van der Waals surface area contributed by atoms with Crippen LogP contribution < -0.4 is 15.4 Å². The molecule has 4 fully saturated rings. The summed E-state index contributed by atoms with van der Waals surface area (Å²) < 4.78 is 55.2. The zero-order valence-electron chi connectivity index (χ0n) is 19.0. The van der Waals surface area contributed by atoms with Crippen molar-refractivity contribution in [1.29, 1.82) is 0 Å². The number of ether oxygens (including phenoxy) is 3. The van der Waals surface area contributed by atoms with Gasteiger partial charge in [-0.05, 0) is 32.1 Å². The molecule has 2 aromatic heterocycles. The number of amides is 2. The Morgan fingerprint density at radius 2 is 2.06 bits per heavy atom. The lowest BCUT2D eigenvalue weighted by Crippen LogP contribution is -2.68. The van der Waals surface area contributed by atoms with Crippen LogP contribution in [0.2, 0.25) is 0 Å². The van der Waals surface area contributed by atoms with E-state index >= 15 is 0 Å². The molecule has 4 aliphatic rings. The van der Waals surface area contributed by atoms with Crippen LogP contribution in [0, 0.1) is 5.92 Å². The van der Waals surface area contributed by atoms with Crippen molar-refractivity contribution in [2.75, 3.05) is 11.9 Å². The van der Waals surface area contributed by atoms with Gasteiger partial charge in [-0.15, -0.1) is 5.10 Å². The van der Waals surface area contributed by atoms with Crippen molar-refractivity contribution >= 4 is 17.8 Å². The van der Waals surface area contributed by atoms with Gasteiger partial charge in [0, 0.05) is 31.1 Å². The highest BCUT2D eigenvalue weighted by Gasteiger charge is 2.57. The number of aromatic nitrogens is 4. The average molecular weight is 498 g/mol. The zero-order chi connectivity index (χ0) is 25.0. The molecule has 1 aliphatic heterocycles. The highest BCUT2D eigenvalue weighted by molar-refractivity contribution is 6.02. The molecular formula is C21H25F3N6O5. The van der Waals surface area contributed by atoms with Crippen molar-refractivity contribution in [2.45, 2.75) is 62.6 Å². The Bertz CT molecular complexity index is 1110. The highest BCUT2D eigenvalue weighted by atomic mass is 19.4. The van der Waals surface area contributed by atoms with E-state index in [4.69, 9.17) is 14.2 Å². The van der Waals surface area contributed by atoms with E-state index in [0.717, 1.165) is 42.9 Å². The average Bonchev–Trinajstić information content (AvgIpc) is 3.43. The van der Waals surface area contributed by atoms with Gasteiger partial charge in [-0.3, -0.25) is 14.6 Å². The van der Waals surface area contributed by atoms with Gasteiger partial charge in [-0.1, -0.05) is 0 Å². The van der Waals surface area contributed by atoms with E-state index in [1.165, 1.54) is 7.05 Å². The van der Waals surface area contributed by atoms with E-state index in [2.05, 4.69) is 25.9 Å². The van der Waals surface area contributed by atoms with Gasteiger partial charge in [0.05, 0.1) is 12.3 Å². The number of hydrogen-bond donors (Lipinski definition) is 3. The highest BCUT2D eigenvalue weighted by Crippen LogP contribution is 2.56. The molecule has 0 unspecified atom stereocenters. The Labute approximate surface area is 197 Å². The first kappa shape index (κ1) is 23.5. The van der Waals surface area contributed by atoms with Crippen LogP contribution in [0.1, 0.15) is 54.9 Å². The quantitative estimate of drug-likeness (QED) is 0.535. The first-order chi connectivity index (χ1) is 16.5. The Balaban J connectivity index is 1.13. The molecular weight excluding hydrogens is 473 g/mol. The van der Waals surface area contributed by atoms with Gasteiger partial charge >= 0.3 is 12.3 Å². The van der Waals surface area contributed by atoms with Gasteiger partial charge in [-0.2, -0.15) is 18.3 Å². The fourth-order valence-electron chi connectivity index (χ4n) is 4.63. The van der Waals surface area contributed by atoms with E-state index < -0.39 is 36.5 Å². The third-order valence-electron chi connectivity index (χ3n) is 6.67. The van der Waals surface area contributed by atoms with Gasteiger partial charge in [0.1, 0.15) is 17.9 Å². The number of aromatic amines is 1. The minimum absolute atomic E-state index is 0.0146. The van der Waals surface area contributed by atoms with Crippen molar-refractivity contribution < 1.29 is 37.0 Å². The maximum absolute atomic E-state index is 12.7. The lowest BCUT2D eigenvalue weighted by molar-refractivity contribution is -0.190. The summed E-state index contributed by atoms with van der Waals surface area (Å²) in [4.78, 5) is 24.7. The predicted octanol–water partition coefficient (Wildman–Crippen LogP) is 2.83. The first-order valence-corrected chi connectivity index (χ1v) is 11.2. The van der Waals surface area contributed by atoms with Gasteiger partial charge < -0.3 is 24.8 Å². The van der Waals surface area contributed by atoms with Crippen molar-refractivity contribution in [2.24, 2.45) is 13.0 Å². The first-order valence-electron chi connectivity index (χ1n) is 11.2. The number of nitrogens with one attached hydrogen (secondary N) is 3. The molecule has 6 rings (SSSR count). The molecule has 2 aromatic rings. The number of hydrogen-bond acceptors (Lipinski definition) is 7. The van der Waals surface area contributed by atoms with E-state index in [9.17, 15) is 22.8 Å². The second kappa shape index (κ2) is 8.43. The molecule has 3 saturated carbocycles. The van der Waals surface area contributed by atoms with Crippen molar-refractivity contribution in [1.82, 2.24) is 25.3 Å². The van der Waals surface area contributed by atoms with Crippen LogP contribution in [-0.2, 0) is 16.5 Å². The lowest BCUT2D eigenvalue weighted by Gasteiger charge is -2.61. The molecule has 3 aliphatic carbocycles. The summed E-state index contributed by atoms with van der Waals surface area (Å²) >= 11 is 0. The van der Waals surface area contributed by atoms with Crippen molar-refractivity contribution in [3.05, 3.63) is 23.5 Å². The summed E-state index contributed by atoms with van der Waals surface area (Å²) in [5.74, 6) is -0.0254. The number of H-pyrrole nitrogens is 1. The SMILES string of the molecule is C[C@@H](Oc1cc(C(=O)Nc2cc([C@H]3C[C@@H](OC(=O)NC45CC(C4)C5)CO3)[nH]n2)n(C)n1)C(F)(F)F. The van der Waals surface area contributed by atoms with E-state index in [-0.39, 0.29) is 29.5 Å². The molecule has 35 heavy (non-hydrogen) atoms. The van der Waals surface area contributed by atoms with Crippen molar-refractivity contribution in [3.8, 4) is 5.88 Å². The Hall–Kier alpha value is -3.29. The number of halogens is 3. The molecule has 190 valence electrons. The third kappa shape index (κ3) is 4.79. The molecule has 14 heteroatoms. The molecule has 0 radical (unpaired) electrons. The second-order valence-corrected chi connectivity index (χ2v) is 9.42. The normalized spacial score (nSPS) is 28.0. The summed E-state index contributed by atoms with van der Waals surface area (Å²) in [5.41, 5.74) is 0.507. The van der Waals surface area contributed by atoms with Crippen LogP contribution in [0.4, 0.5) is 23.8 Å². The fourth-order valence-corrected chi connectivity index (χ4v) is 4.63. The summed E-state index contributed by atoms with van der Waals surface area (Å²) in [6.07, 6.45) is -4.37. The Kier molecular flexibility index (Phi) is 5.65. The summed E-state index contributed by atoms with van der Waals surface area (Å²) in [6.45, 7) is 1.09. The van der Waals surface area contributed by atoms with Gasteiger partial charge in [0.25, 0.3) is 5.91 Å². The minimum atomic E-state index is -4.56. The molecule has 11 nitrogen and oxygen atoms in total. The maximum Gasteiger partial charge on any atom is 0.425 e. The number of carbonyl (C=O) groups excluding carboxylic acids is 2. The number of anilines is 1. The molecule has 3 N–H and O–H groups in total. The fraction of sp³-hybridized carbons (Fsp3) is 0.619. The maximum atomic E-state index is 12.7. The molecule has 3 atom stereocenters. The minimum Gasteiger partial charge on any atom is -0.464 e. The molecule has 2 bridgehead atoms. The molecule has 2 amide bonds. The molecule has 0 spiro atoms. The van der Waals surface area contributed by atoms with Crippen LogP contribution >= 0.6 is 0 Å². The number of carbonyl (C=O) groups is 2. The number of aryl methyl sites for hydroxylation is 1. The largest absolute Gasteiger partial charge is 0.464 e. The van der Waals surface area contributed by atoms with Gasteiger partial charge in [0.15, 0.2) is 11.9 Å². The van der Waals surface area contributed by atoms with Crippen LogP contribution in [0.25, 0.3) is 0 Å². The molecule has 0 aromatic carbocycles. The van der Waals surface area contributed by atoms with Crippen molar-refractivity contribution in [3.63, 3.8) is 0 Å². The van der Waals surface area contributed by atoms with Crippen LogP contribution in [-0.4, -0.2) is 62.5 Å². The molecule has 1 saturated heterocycles. The predicted molar refractivity (Wildman–Crippen MR) is 113 cm³/mol. The topological polar surface area (TPSA) is 132 Å². The Morgan fingerprint density at radius 3 is 2.71 bits per heavy atom. The smallest absolute Gasteiger partial charge is 0.425 e. The van der Waals surface area contributed by atoms with E-state index in [1.807, 2.05) is 0 Å². The number of alkyl halides is 3. The number of alkyl carbamates (subject to hydrolysis) is 1. The zero-order valence-corrected chi connectivity index (χ0v) is 19.0. The summed E-state index contributed by atoms with van der Waals surface area (Å²) in [5, 5.41) is 16.1. The third-order valence-corrected chi connectivity index (χ3v) is 6.67. The standard InChI is InChI=1S/C21H25F3N6O5/c1-10(21(22,23)24)34-17-5-14(30(2)29-17)18(31)25-16-4-13(27-28-16)15-3-12(9-33-15)35-19(32)26-20-6-11(7-20)8-20/h4-5,10-12,15H,3,6-9H2,1-2H3,(H,26,32)(H2,25,27,28,31)/t10-,11?,12-,15-,20?/m1/s1. The van der Waals surface area contributed by atoms with E-state index in [0.29, 0.717) is 12.1 Å². The van der Waals surface area contributed by atoms with Crippen LogP contribution in [0.3, 0.4) is 0 Å². The monoisotopic (exact) mass is 498 g/mol. The summed E-state index contributed by atoms with van der Waals surface area (Å²) in [7, 11) is 1.41. The lowest BCUT2D eigenvalue weighted by atomic mass is 9.50. The Morgan fingerprint density at radius 1 is 1.31 bits per heavy atom.